The number of carbonyl (C=O) groups is 2. The molecular formula is C20H18N2O6S2. The molecule has 2 aromatic rings. The zero-order chi connectivity index (χ0) is 21.3. The first kappa shape index (κ1) is 20.3. The molecular weight excluding hydrogens is 428 g/mol. The van der Waals surface area contributed by atoms with Gasteiger partial charge in [0, 0.05) is 29.8 Å². The molecule has 156 valence electrons. The van der Waals surface area contributed by atoms with Crippen LogP contribution in [-0.4, -0.2) is 33.4 Å². The largest absolute Gasteiger partial charge is 0.493 e. The number of aromatic nitrogens is 1. The van der Waals surface area contributed by atoms with Crippen LogP contribution in [0, 0.1) is 3.95 Å². The molecule has 3 heterocycles. The summed E-state index contributed by atoms with van der Waals surface area (Å²) in [5.74, 6) is -0.0827. The summed E-state index contributed by atoms with van der Waals surface area (Å²) in [4.78, 5) is 27.6. The van der Waals surface area contributed by atoms with Crippen molar-refractivity contribution in [2.45, 2.75) is 32.2 Å². The minimum atomic E-state index is -0.816. The number of amides is 1. The van der Waals surface area contributed by atoms with Gasteiger partial charge in [0.15, 0.2) is 15.5 Å². The average molecular weight is 447 g/mol. The van der Waals surface area contributed by atoms with E-state index in [9.17, 15) is 14.7 Å². The number of aliphatic carboxylic acids is 1. The van der Waals surface area contributed by atoms with Crippen molar-refractivity contribution < 1.29 is 29.3 Å². The van der Waals surface area contributed by atoms with Crippen LogP contribution in [-0.2, 0) is 16.1 Å². The number of carboxylic acids is 1. The highest BCUT2D eigenvalue weighted by Gasteiger charge is 2.19. The molecule has 0 radical (unpaired) electrons. The molecule has 0 saturated carbocycles. The lowest BCUT2D eigenvalue weighted by atomic mass is 10.1. The third-order valence-electron chi connectivity index (χ3n) is 4.75. The molecule has 2 aliphatic heterocycles. The molecule has 1 aromatic carbocycles. The minimum absolute atomic E-state index is 0.00609. The van der Waals surface area contributed by atoms with Gasteiger partial charge in [-0.15, -0.1) is 11.3 Å². The van der Waals surface area contributed by atoms with Gasteiger partial charge in [0.1, 0.15) is 0 Å². The molecule has 0 atom stereocenters. The number of aromatic hydroxyl groups is 1. The Hall–Kier alpha value is -2.98. The maximum Gasteiger partial charge on any atom is 0.303 e. The zero-order valence-corrected chi connectivity index (χ0v) is 17.4. The summed E-state index contributed by atoms with van der Waals surface area (Å²) in [6.07, 6.45) is 5.40. The second kappa shape index (κ2) is 8.41. The van der Waals surface area contributed by atoms with Crippen LogP contribution in [0.4, 0.5) is 0 Å². The summed E-state index contributed by atoms with van der Waals surface area (Å²) >= 11 is 6.55. The third-order valence-corrected chi connectivity index (χ3v) is 6.14. The Morgan fingerprint density at radius 3 is 2.80 bits per heavy atom. The van der Waals surface area contributed by atoms with E-state index in [1.54, 1.807) is 28.9 Å². The van der Waals surface area contributed by atoms with Crippen molar-refractivity contribution in [3.63, 3.8) is 0 Å². The molecule has 4 rings (SSSR count). The minimum Gasteiger partial charge on any atom is -0.493 e. The summed E-state index contributed by atoms with van der Waals surface area (Å²) in [6, 6.07) is 3.44. The number of benzene rings is 1. The molecule has 0 unspecified atom stereocenters. The summed E-state index contributed by atoms with van der Waals surface area (Å²) in [7, 11) is 0. The number of hydrogen-bond donors (Lipinski definition) is 2. The number of fused-ring (bicyclic) bond motifs is 2. The van der Waals surface area contributed by atoms with E-state index in [-0.39, 0.29) is 19.1 Å². The van der Waals surface area contributed by atoms with E-state index in [0.29, 0.717) is 50.6 Å². The number of hydrogen-bond acceptors (Lipinski definition) is 7. The van der Waals surface area contributed by atoms with Gasteiger partial charge in [0.25, 0.3) is 5.91 Å². The highest BCUT2D eigenvalue weighted by Crippen LogP contribution is 2.31. The first-order valence-corrected chi connectivity index (χ1v) is 10.6. The Bertz CT molecular complexity index is 1240. The fourth-order valence-electron chi connectivity index (χ4n) is 3.24. The van der Waals surface area contributed by atoms with Crippen LogP contribution in [0.2, 0.25) is 0 Å². The lowest BCUT2D eigenvalue weighted by molar-refractivity contribution is -0.137. The van der Waals surface area contributed by atoms with Gasteiger partial charge in [-0.1, -0.05) is 6.42 Å². The van der Waals surface area contributed by atoms with Gasteiger partial charge in [0.05, 0.1) is 10.2 Å². The van der Waals surface area contributed by atoms with Crippen molar-refractivity contribution in [3.8, 4) is 17.4 Å². The fourth-order valence-corrected chi connectivity index (χ4v) is 4.55. The van der Waals surface area contributed by atoms with Crippen LogP contribution >= 0.6 is 23.6 Å². The van der Waals surface area contributed by atoms with Crippen molar-refractivity contribution in [2.24, 2.45) is 4.99 Å². The fraction of sp³-hybridized carbons (Fsp3) is 0.300. The standard InChI is InChI=1S/C20H18N2O6S2/c23-17(24)4-2-1-3-5-22-19(26)16(30-20(22)29)8-12-6-11-7-14-15(28-10-27-14)9-13(11)21-18(12)25/h6-9,26H,1-5,10H2,(H,23,24)/b12-8-. The van der Waals surface area contributed by atoms with Crippen molar-refractivity contribution in [2.75, 3.05) is 6.79 Å². The van der Waals surface area contributed by atoms with E-state index in [4.69, 9.17) is 26.8 Å². The first-order chi connectivity index (χ1) is 14.4. The number of unbranched alkanes of at least 4 members (excludes halogenated alkanes) is 2. The number of carboxylic acid groups (broad SMARTS) is 1. The Kier molecular flexibility index (Phi) is 5.69. The summed E-state index contributed by atoms with van der Waals surface area (Å²) in [5, 5.41) is 20.5. The van der Waals surface area contributed by atoms with Gasteiger partial charge in [0.2, 0.25) is 12.7 Å². The van der Waals surface area contributed by atoms with E-state index in [1.165, 1.54) is 11.3 Å². The SMILES string of the molecule is O=C(O)CCCCCn1c(O)c(/C=C2/C=c3cc4c(cc3=NC2=O)OCO4)sc1=S. The Balaban J connectivity index is 1.57. The molecule has 2 aliphatic rings. The van der Waals surface area contributed by atoms with Gasteiger partial charge < -0.3 is 19.7 Å². The number of rotatable bonds is 7. The summed E-state index contributed by atoms with van der Waals surface area (Å²) < 4.78 is 12.8. The molecule has 1 aromatic heterocycles. The zero-order valence-electron chi connectivity index (χ0n) is 15.8. The summed E-state index contributed by atoms with van der Waals surface area (Å²) in [6.45, 7) is 0.619. The average Bonchev–Trinajstić information content (AvgIpc) is 3.25. The van der Waals surface area contributed by atoms with Crippen molar-refractivity contribution >= 4 is 47.6 Å². The summed E-state index contributed by atoms with van der Waals surface area (Å²) in [5.41, 5.74) is 0.335. The molecule has 0 spiro atoms. The van der Waals surface area contributed by atoms with Crippen molar-refractivity contribution in [1.82, 2.24) is 4.57 Å². The van der Waals surface area contributed by atoms with Crippen LogP contribution < -0.4 is 20.0 Å². The van der Waals surface area contributed by atoms with E-state index in [0.717, 1.165) is 11.6 Å². The van der Waals surface area contributed by atoms with E-state index in [1.807, 2.05) is 0 Å². The number of nitrogens with zero attached hydrogens (tertiary/aromatic N) is 2. The monoisotopic (exact) mass is 446 g/mol. The molecule has 10 heteroatoms. The lowest BCUT2D eigenvalue weighted by Gasteiger charge is -2.06. The molecule has 1 amide bonds. The molecule has 0 fully saturated rings. The smallest absolute Gasteiger partial charge is 0.303 e. The molecule has 0 saturated heterocycles. The Morgan fingerprint density at radius 2 is 2.03 bits per heavy atom. The Labute approximate surface area is 180 Å². The van der Waals surface area contributed by atoms with Crippen LogP contribution in [0.3, 0.4) is 0 Å². The highest BCUT2D eigenvalue weighted by atomic mass is 32.1. The maximum atomic E-state index is 12.5. The quantitative estimate of drug-likeness (QED) is 0.382. The van der Waals surface area contributed by atoms with Crippen molar-refractivity contribution in [1.29, 1.82) is 0 Å². The highest BCUT2D eigenvalue weighted by molar-refractivity contribution is 7.73. The topological polar surface area (TPSA) is 110 Å². The first-order valence-electron chi connectivity index (χ1n) is 9.33. The van der Waals surface area contributed by atoms with Gasteiger partial charge in [-0.3, -0.25) is 14.2 Å². The van der Waals surface area contributed by atoms with E-state index < -0.39 is 11.9 Å². The molecule has 2 N–H and O–H groups in total. The second-order valence-corrected chi connectivity index (χ2v) is 8.51. The third kappa shape index (κ3) is 4.14. The predicted octanol–water partition coefficient (Wildman–Crippen LogP) is 2.38. The maximum absolute atomic E-state index is 12.5. The number of ether oxygens (including phenoxy) is 2. The molecule has 0 aliphatic carbocycles. The predicted molar refractivity (Wildman–Crippen MR) is 112 cm³/mol. The second-order valence-electron chi connectivity index (χ2n) is 6.84. The molecule has 8 nitrogen and oxygen atoms in total. The van der Waals surface area contributed by atoms with Gasteiger partial charge in [-0.2, -0.15) is 0 Å². The lowest BCUT2D eigenvalue weighted by Crippen LogP contribution is -2.30. The van der Waals surface area contributed by atoms with Crippen LogP contribution in [0.5, 0.6) is 17.4 Å². The van der Waals surface area contributed by atoms with E-state index in [2.05, 4.69) is 4.99 Å². The molecule has 30 heavy (non-hydrogen) atoms. The van der Waals surface area contributed by atoms with Crippen LogP contribution in [0.1, 0.15) is 30.6 Å². The van der Waals surface area contributed by atoms with Crippen LogP contribution in [0.15, 0.2) is 22.7 Å². The van der Waals surface area contributed by atoms with Crippen LogP contribution in [0.25, 0.3) is 12.2 Å². The number of carbonyl (C=O) groups excluding carboxylic acids is 1. The Morgan fingerprint density at radius 1 is 1.27 bits per heavy atom. The van der Waals surface area contributed by atoms with Crippen molar-refractivity contribution in [3.05, 3.63) is 37.1 Å². The number of thiazole rings is 1. The molecule has 0 bridgehead atoms. The normalized spacial score (nSPS) is 15.6. The van der Waals surface area contributed by atoms with Gasteiger partial charge in [-0.05, 0) is 43.3 Å². The van der Waals surface area contributed by atoms with Gasteiger partial charge in [-0.25, -0.2) is 4.99 Å². The van der Waals surface area contributed by atoms with Gasteiger partial charge >= 0.3 is 5.97 Å². The van der Waals surface area contributed by atoms with E-state index >= 15 is 0 Å².